The van der Waals surface area contributed by atoms with Gasteiger partial charge in [-0.05, 0) is 42.9 Å². The zero-order valence-corrected chi connectivity index (χ0v) is 12.2. The van der Waals surface area contributed by atoms with Gasteiger partial charge in [0.05, 0.1) is 13.7 Å². The van der Waals surface area contributed by atoms with Crippen molar-refractivity contribution in [1.29, 1.82) is 0 Å². The molecule has 0 radical (unpaired) electrons. The molecule has 0 aliphatic heterocycles. The molecule has 0 amide bonds. The highest BCUT2D eigenvalue weighted by Crippen LogP contribution is 2.29. The summed E-state index contributed by atoms with van der Waals surface area (Å²) < 4.78 is 11.2. The minimum atomic E-state index is 0.660. The zero-order chi connectivity index (χ0) is 13.7. The highest BCUT2D eigenvalue weighted by Gasteiger charge is 2.20. The van der Waals surface area contributed by atoms with Gasteiger partial charge in [-0.3, -0.25) is 0 Å². The minimum absolute atomic E-state index is 0.660. The lowest BCUT2D eigenvalue weighted by molar-refractivity contribution is 0.273. The molecule has 0 atom stereocenters. The fourth-order valence-electron chi connectivity index (χ4n) is 1.90. The van der Waals surface area contributed by atoms with Gasteiger partial charge in [0, 0.05) is 12.6 Å². The van der Waals surface area contributed by atoms with Crippen LogP contribution in [0.4, 0.5) is 0 Å². The molecule has 0 aromatic heterocycles. The van der Waals surface area contributed by atoms with E-state index in [1.807, 2.05) is 6.07 Å². The van der Waals surface area contributed by atoms with Crippen molar-refractivity contribution in [3.63, 3.8) is 0 Å². The summed E-state index contributed by atoms with van der Waals surface area (Å²) in [5, 5.41) is 3.51. The molecule has 0 spiro atoms. The number of ether oxygens (including phenoxy) is 2. The van der Waals surface area contributed by atoms with Crippen molar-refractivity contribution in [2.45, 2.75) is 45.7 Å². The Bertz CT molecular complexity index is 400. The Morgan fingerprint density at radius 1 is 1.26 bits per heavy atom. The molecule has 1 aromatic carbocycles. The van der Waals surface area contributed by atoms with E-state index in [1.54, 1.807) is 7.11 Å². The average Bonchev–Trinajstić information content (AvgIpc) is 3.21. The van der Waals surface area contributed by atoms with Crippen LogP contribution in [0.25, 0.3) is 0 Å². The van der Waals surface area contributed by atoms with Gasteiger partial charge in [0.1, 0.15) is 0 Å². The lowest BCUT2D eigenvalue weighted by atomic mass is 10.1. The second kappa shape index (κ2) is 6.80. The number of rotatable bonds is 8. The van der Waals surface area contributed by atoms with Gasteiger partial charge < -0.3 is 14.8 Å². The SMILES string of the molecule is COc1cc(CNC2CC2)ccc1OCCC(C)C. The molecule has 1 saturated carbocycles. The predicted octanol–water partition coefficient (Wildman–Crippen LogP) is 3.37. The van der Waals surface area contributed by atoms with Crippen molar-refractivity contribution >= 4 is 0 Å². The molecule has 1 fully saturated rings. The first-order chi connectivity index (χ1) is 9.19. The number of benzene rings is 1. The molecule has 1 aliphatic carbocycles. The summed E-state index contributed by atoms with van der Waals surface area (Å²) in [4.78, 5) is 0. The number of nitrogens with one attached hydrogen (secondary N) is 1. The highest BCUT2D eigenvalue weighted by atomic mass is 16.5. The first kappa shape index (κ1) is 14.2. The van der Waals surface area contributed by atoms with Gasteiger partial charge in [0.2, 0.25) is 0 Å². The van der Waals surface area contributed by atoms with E-state index >= 15 is 0 Å². The van der Waals surface area contributed by atoms with Crippen molar-refractivity contribution in [1.82, 2.24) is 5.32 Å². The Morgan fingerprint density at radius 2 is 2.05 bits per heavy atom. The van der Waals surface area contributed by atoms with E-state index in [4.69, 9.17) is 9.47 Å². The summed E-state index contributed by atoms with van der Waals surface area (Å²) in [5.41, 5.74) is 1.25. The van der Waals surface area contributed by atoms with E-state index in [0.29, 0.717) is 5.92 Å². The molecular weight excluding hydrogens is 238 g/mol. The molecule has 1 aromatic rings. The van der Waals surface area contributed by atoms with Crippen LogP contribution in [-0.4, -0.2) is 19.8 Å². The monoisotopic (exact) mass is 263 g/mol. The van der Waals surface area contributed by atoms with Crippen molar-refractivity contribution in [3.8, 4) is 11.5 Å². The smallest absolute Gasteiger partial charge is 0.161 e. The van der Waals surface area contributed by atoms with Crippen LogP contribution in [0.2, 0.25) is 0 Å². The fourth-order valence-corrected chi connectivity index (χ4v) is 1.90. The maximum atomic E-state index is 5.79. The second-order valence-electron chi connectivity index (χ2n) is 5.67. The average molecular weight is 263 g/mol. The third-order valence-electron chi connectivity index (χ3n) is 3.35. The summed E-state index contributed by atoms with van der Waals surface area (Å²) in [6, 6.07) is 6.93. The molecule has 2 rings (SSSR count). The summed E-state index contributed by atoms with van der Waals surface area (Å²) in [6.45, 7) is 6.06. The molecule has 0 unspecified atom stereocenters. The lowest BCUT2D eigenvalue weighted by Crippen LogP contribution is -2.15. The molecule has 3 heteroatoms. The van der Waals surface area contributed by atoms with Gasteiger partial charge in [-0.2, -0.15) is 0 Å². The van der Waals surface area contributed by atoms with E-state index in [-0.39, 0.29) is 0 Å². The summed E-state index contributed by atoms with van der Waals surface area (Å²) in [7, 11) is 1.70. The van der Waals surface area contributed by atoms with Gasteiger partial charge >= 0.3 is 0 Å². The van der Waals surface area contributed by atoms with Crippen molar-refractivity contribution in [2.24, 2.45) is 5.92 Å². The lowest BCUT2D eigenvalue weighted by Gasteiger charge is -2.13. The maximum Gasteiger partial charge on any atom is 0.161 e. The second-order valence-corrected chi connectivity index (χ2v) is 5.67. The van der Waals surface area contributed by atoms with Crippen LogP contribution in [0.5, 0.6) is 11.5 Å². The Hall–Kier alpha value is -1.22. The van der Waals surface area contributed by atoms with E-state index in [9.17, 15) is 0 Å². The number of hydrogen-bond donors (Lipinski definition) is 1. The van der Waals surface area contributed by atoms with Crippen molar-refractivity contribution in [2.75, 3.05) is 13.7 Å². The van der Waals surface area contributed by atoms with Crippen LogP contribution in [-0.2, 0) is 6.54 Å². The first-order valence-electron chi connectivity index (χ1n) is 7.22. The Kier molecular flexibility index (Phi) is 5.08. The van der Waals surface area contributed by atoms with Gasteiger partial charge in [-0.25, -0.2) is 0 Å². The third-order valence-corrected chi connectivity index (χ3v) is 3.35. The predicted molar refractivity (Wildman–Crippen MR) is 77.8 cm³/mol. The van der Waals surface area contributed by atoms with Crippen LogP contribution in [0.15, 0.2) is 18.2 Å². The van der Waals surface area contributed by atoms with Gasteiger partial charge in [-0.15, -0.1) is 0 Å². The Morgan fingerprint density at radius 3 is 2.68 bits per heavy atom. The van der Waals surface area contributed by atoms with E-state index < -0.39 is 0 Å². The van der Waals surface area contributed by atoms with Crippen LogP contribution in [0, 0.1) is 5.92 Å². The van der Waals surface area contributed by atoms with E-state index in [0.717, 1.165) is 37.1 Å². The standard InChI is InChI=1S/C16H25NO2/c1-12(2)8-9-19-15-7-4-13(10-16(15)18-3)11-17-14-5-6-14/h4,7,10,12,14,17H,5-6,8-9,11H2,1-3H3. The molecule has 0 bridgehead atoms. The van der Waals surface area contributed by atoms with Crippen molar-refractivity contribution in [3.05, 3.63) is 23.8 Å². The molecule has 0 heterocycles. The zero-order valence-electron chi connectivity index (χ0n) is 12.2. The summed E-state index contributed by atoms with van der Waals surface area (Å²) in [6.07, 6.45) is 3.69. The van der Waals surface area contributed by atoms with Gasteiger partial charge in [-0.1, -0.05) is 19.9 Å². The number of methoxy groups -OCH3 is 1. The maximum absolute atomic E-state index is 5.79. The molecule has 3 nitrogen and oxygen atoms in total. The first-order valence-corrected chi connectivity index (χ1v) is 7.22. The Labute approximate surface area is 116 Å². The fraction of sp³-hybridized carbons (Fsp3) is 0.625. The molecule has 0 saturated heterocycles. The van der Waals surface area contributed by atoms with Gasteiger partial charge in [0.15, 0.2) is 11.5 Å². The summed E-state index contributed by atoms with van der Waals surface area (Å²) >= 11 is 0. The van der Waals surface area contributed by atoms with E-state index in [2.05, 4.69) is 31.3 Å². The highest BCUT2D eigenvalue weighted by molar-refractivity contribution is 5.43. The third kappa shape index (κ3) is 4.75. The number of hydrogen-bond acceptors (Lipinski definition) is 3. The quantitative estimate of drug-likeness (QED) is 0.780. The van der Waals surface area contributed by atoms with Crippen molar-refractivity contribution < 1.29 is 9.47 Å². The van der Waals surface area contributed by atoms with E-state index in [1.165, 1.54) is 18.4 Å². The minimum Gasteiger partial charge on any atom is -0.493 e. The van der Waals surface area contributed by atoms with Crippen LogP contribution < -0.4 is 14.8 Å². The normalized spacial score (nSPS) is 14.7. The summed E-state index contributed by atoms with van der Waals surface area (Å²) in [5.74, 6) is 2.34. The molecular formula is C16H25NO2. The van der Waals surface area contributed by atoms with Crippen LogP contribution in [0.1, 0.15) is 38.7 Å². The van der Waals surface area contributed by atoms with Crippen LogP contribution in [0.3, 0.4) is 0 Å². The topological polar surface area (TPSA) is 30.5 Å². The van der Waals surface area contributed by atoms with Crippen LogP contribution >= 0.6 is 0 Å². The molecule has 1 aliphatic rings. The molecule has 19 heavy (non-hydrogen) atoms. The Balaban J connectivity index is 1.90. The molecule has 1 N–H and O–H groups in total. The largest absolute Gasteiger partial charge is 0.493 e. The van der Waals surface area contributed by atoms with Gasteiger partial charge in [0.25, 0.3) is 0 Å². The molecule has 106 valence electrons.